The highest BCUT2D eigenvalue weighted by Crippen LogP contribution is 2.28. The number of Topliss-reactive ketones (excluding diaryl/α,β-unsaturated/α-hetero) is 1. The van der Waals surface area contributed by atoms with Crippen molar-refractivity contribution in [1.29, 1.82) is 0 Å². The van der Waals surface area contributed by atoms with Crippen LogP contribution >= 0.6 is 0 Å². The van der Waals surface area contributed by atoms with Gasteiger partial charge < -0.3 is 9.64 Å². The van der Waals surface area contributed by atoms with Gasteiger partial charge in [0.1, 0.15) is 13.2 Å². The van der Waals surface area contributed by atoms with Gasteiger partial charge in [-0.15, -0.1) is 0 Å². The molecule has 1 aliphatic heterocycles. The topological polar surface area (TPSA) is 46.6 Å². The van der Waals surface area contributed by atoms with Gasteiger partial charge in [0.05, 0.1) is 6.42 Å². The smallest absolute Gasteiger partial charge is 0.364 e. The van der Waals surface area contributed by atoms with Crippen LogP contribution in [0.1, 0.15) is 15.9 Å². The Morgan fingerprint density at radius 2 is 2.10 bits per heavy atom. The SMILES string of the molecule is CN1C(=O)Cc2cc(C(=O)COCC(F)(F)F)ccc21. The molecule has 0 atom stereocenters. The number of fused-ring (bicyclic) bond motifs is 1. The molecule has 7 heteroatoms. The Morgan fingerprint density at radius 3 is 2.75 bits per heavy atom. The zero-order chi connectivity index (χ0) is 14.9. The molecule has 0 N–H and O–H groups in total. The second-order valence-electron chi connectivity index (χ2n) is 4.50. The first-order valence-corrected chi connectivity index (χ1v) is 5.85. The van der Waals surface area contributed by atoms with Crippen molar-refractivity contribution in [2.75, 3.05) is 25.2 Å². The third-order valence-corrected chi connectivity index (χ3v) is 2.98. The van der Waals surface area contributed by atoms with E-state index in [0.29, 0.717) is 11.3 Å². The summed E-state index contributed by atoms with van der Waals surface area (Å²) in [6.45, 7) is -2.09. The van der Waals surface area contributed by atoms with E-state index in [9.17, 15) is 22.8 Å². The first kappa shape index (κ1) is 14.5. The van der Waals surface area contributed by atoms with Gasteiger partial charge >= 0.3 is 6.18 Å². The van der Waals surface area contributed by atoms with Gasteiger partial charge in [-0.1, -0.05) is 0 Å². The van der Waals surface area contributed by atoms with Crippen LogP contribution in [-0.2, 0) is 16.0 Å². The molecule has 0 bridgehead atoms. The predicted molar refractivity (Wildman–Crippen MR) is 64.8 cm³/mol. The molecule has 1 heterocycles. The predicted octanol–water partition coefficient (Wildman–Crippen LogP) is 1.97. The molecular formula is C13H12F3NO3. The molecule has 0 aromatic heterocycles. The first-order valence-electron chi connectivity index (χ1n) is 5.85. The highest BCUT2D eigenvalue weighted by molar-refractivity contribution is 6.03. The maximum atomic E-state index is 11.9. The van der Waals surface area contributed by atoms with Crippen molar-refractivity contribution >= 4 is 17.4 Å². The van der Waals surface area contributed by atoms with E-state index >= 15 is 0 Å². The quantitative estimate of drug-likeness (QED) is 0.795. The number of halogens is 3. The summed E-state index contributed by atoms with van der Waals surface area (Å²) < 4.78 is 40.0. The van der Waals surface area contributed by atoms with Gasteiger partial charge in [0, 0.05) is 18.3 Å². The normalized spacial score (nSPS) is 14.6. The van der Waals surface area contributed by atoms with Gasteiger partial charge in [-0.05, 0) is 23.8 Å². The van der Waals surface area contributed by atoms with Crippen molar-refractivity contribution in [1.82, 2.24) is 0 Å². The molecule has 1 amide bonds. The monoisotopic (exact) mass is 287 g/mol. The summed E-state index contributed by atoms with van der Waals surface area (Å²) in [7, 11) is 1.63. The number of carbonyl (C=O) groups is 2. The van der Waals surface area contributed by atoms with E-state index in [4.69, 9.17) is 0 Å². The molecule has 1 aromatic carbocycles. The standard InChI is InChI=1S/C13H12F3NO3/c1-17-10-3-2-8(4-9(10)5-12(17)19)11(18)6-20-7-13(14,15)16/h2-4H,5-7H2,1H3. The Labute approximate surface area is 113 Å². The summed E-state index contributed by atoms with van der Waals surface area (Å²) in [5, 5.41) is 0. The Hall–Kier alpha value is -1.89. The lowest BCUT2D eigenvalue weighted by molar-refractivity contribution is -0.170. The van der Waals surface area contributed by atoms with Crippen molar-refractivity contribution < 1.29 is 27.5 Å². The van der Waals surface area contributed by atoms with E-state index < -0.39 is 25.2 Å². The van der Waals surface area contributed by atoms with E-state index in [-0.39, 0.29) is 17.9 Å². The van der Waals surface area contributed by atoms with Gasteiger partial charge in [0.15, 0.2) is 5.78 Å². The minimum atomic E-state index is -4.45. The van der Waals surface area contributed by atoms with Crippen molar-refractivity contribution in [3.63, 3.8) is 0 Å². The van der Waals surface area contributed by atoms with Crippen LogP contribution < -0.4 is 4.90 Å². The number of anilines is 1. The van der Waals surface area contributed by atoms with E-state index in [1.165, 1.54) is 17.0 Å². The van der Waals surface area contributed by atoms with Crippen molar-refractivity contribution in [2.24, 2.45) is 0 Å². The number of amides is 1. The lowest BCUT2D eigenvalue weighted by Gasteiger charge is -2.10. The summed E-state index contributed by atoms with van der Waals surface area (Å²) in [5.41, 5.74) is 1.65. The average molecular weight is 287 g/mol. The number of hydrogen-bond acceptors (Lipinski definition) is 3. The molecule has 4 nitrogen and oxygen atoms in total. The van der Waals surface area contributed by atoms with Crippen LogP contribution in [0, 0.1) is 0 Å². The maximum absolute atomic E-state index is 11.9. The van der Waals surface area contributed by atoms with Crippen LogP contribution in [-0.4, -0.2) is 38.1 Å². The lowest BCUT2D eigenvalue weighted by Crippen LogP contribution is -2.20. The Bertz CT molecular complexity index is 554. The number of carbonyl (C=O) groups excluding carboxylic acids is 2. The van der Waals surface area contributed by atoms with E-state index in [2.05, 4.69) is 4.74 Å². The van der Waals surface area contributed by atoms with Gasteiger partial charge in [-0.25, -0.2) is 0 Å². The third-order valence-electron chi connectivity index (χ3n) is 2.98. The number of rotatable bonds is 4. The number of ether oxygens (including phenoxy) is 1. The molecule has 0 unspecified atom stereocenters. The molecule has 2 rings (SSSR count). The van der Waals surface area contributed by atoms with Crippen molar-refractivity contribution in [3.05, 3.63) is 29.3 Å². The van der Waals surface area contributed by atoms with Crippen LogP contribution in [0.25, 0.3) is 0 Å². The van der Waals surface area contributed by atoms with Crippen LogP contribution in [0.5, 0.6) is 0 Å². The molecule has 0 radical (unpaired) electrons. The average Bonchev–Trinajstić information content (AvgIpc) is 2.63. The fourth-order valence-electron chi connectivity index (χ4n) is 1.99. The minimum Gasteiger partial charge on any atom is -0.364 e. The Morgan fingerprint density at radius 1 is 1.40 bits per heavy atom. The maximum Gasteiger partial charge on any atom is 0.411 e. The zero-order valence-corrected chi connectivity index (χ0v) is 10.7. The van der Waals surface area contributed by atoms with Crippen LogP contribution in [0.15, 0.2) is 18.2 Å². The molecule has 20 heavy (non-hydrogen) atoms. The molecule has 0 aliphatic carbocycles. The molecule has 0 saturated carbocycles. The summed E-state index contributed by atoms with van der Waals surface area (Å²) in [4.78, 5) is 24.7. The number of benzene rings is 1. The Kier molecular flexibility index (Phi) is 3.80. The molecule has 0 fully saturated rings. The lowest BCUT2D eigenvalue weighted by atomic mass is 10.1. The second kappa shape index (κ2) is 5.24. The molecule has 1 aromatic rings. The molecule has 108 valence electrons. The van der Waals surface area contributed by atoms with Gasteiger partial charge in [0.2, 0.25) is 5.91 Å². The highest BCUT2D eigenvalue weighted by atomic mass is 19.4. The second-order valence-corrected chi connectivity index (χ2v) is 4.50. The zero-order valence-electron chi connectivity index (χ0n) is 10.7. The van der Waals surface area contributed by atoms with Gasteiger partial charge in [-0.3, -0.25) is 9.59 Å². The Balaban J connectivity index is 2.02. The number of likely N-dealkylation sites (N-methyl/N-ethyl adjacent to an activating group) is 1. The fraction of sp³-hybridized carbons (Fsp3) is 0.385. The number of ketones is 1. The molecule has 1 aliphatic rings. The van der Waals surface area contributed by atoms with E-state index in [1.54, 1.807) is 13.1 Å². The number of alkyl halides is 3. The summed E-state index contributed by atoms with van der Waals surface area (Å²) >= 11 is 0. The molecule has 0 spiro atoms. The van der Waals surface area contributed by atoms with Crippen LogP contribution in [0.4, 0.5) is 18.9 Å². The van der Waals surface area contributed by atoms with Crippen LogP contribution in [0.2, 0.25) is 0 Å². The minimum absolute atomic E-state index is 0.0853. The van der Waals surface area contributed by atoms with Gasteiger partial charge in [0.25, 0.3) is 0 Å². The van der Waals surface area contributed by atoms with Crippen molar-refractivity contribution in [2.45, 2.75) is 12.6 Å². The largest absolute Gasteiger partial charge is 0.411 e. The highest BCUT2D eigenvalue weighted by Gasteiger charge is 2.28. The molecule has 0 saturated heterocycles. The number of nitrogens with zero attached hydrogens (tertiary/aromatic N) is 1. The third kappa shape index (κ3) is 3.16. The first-order chi connectivity index (χ1) is 9.28. The van der Waals surface area contributed by atoms with E-state index in [1.807, 2.05) is 0 Å². The summed E-state index contributed by atoms with van der Waals surface area (Å²) in [5.74, 6) is -0.628. The van der Waals surface area contributed by atoms with Crippen LogP contribution in [0.3, 0.4) is 0 Å². The fourth-order valence-corrected chi connectivity index (χ4v) is 1.99. The summed E-state index contributed by atoms with van der Waals surface area (Å²) in [6.07, 6.45) is -4.26. The summed E-state index contributed by atoms with van der Waals surface area (Å²) in [6, 6.07) is 4.61. The van der Waals surface area contributed by atoms with Gasteiger partial charge in [-0.2, -0.15) is 13.2 Å². The van der Waals surface area contributed by atoms with Crippen molar-refractivity contribution in [3.8, 4) is 0 Å². The number of hydrogen-bond donors (Lipinski definition) is 0. The molecular weight excluding hydrogens is 275 g/mol. The van der Waals surface area contributed by atoms with E-state index in [0.717, 1.165) is 0 Å².